The second-order valence-corrected chi connectivity index (χ2v) is 5.30. The van der Waals surface area contributed by atoms with Crippen molar-refractivity contribution in [2.24, 2.45) is 0 Å². The molecule has 102 valence electrons. The van der Waals surface area contributed by atoms with Crippen LogP contribution in [0.2, 0.25) is 0 Å². The lowest BCUT2D eigenvalue weighted by Crippen LogP contribution is -2.12. The van der Waals surface area contributed by atoms with Crippen LogP contribution in [0.4, 0.5) is 0 Å². The standard InChI is InChI=1S/C18H19NO/c1-19(2)13-7-10-14-15-8-3-5-11-17(15)20-18-12-6-4-9-16(14)18/h3-6,8-12H,7,13H2,1-2H3. The molecule has 0 saturated heterocycles. The molecule has 0 amide bonds. The first-order valence-electron chi connectivity index (χ1n) is 6.97. The average Bonchev–Trinajstić information content (AvgIpc) is 2.46. The smallest absolute Gasteiger partial charge is 0.135 e. The van der Waals surface area contributed by atoms with Gasteiger partial charge in [0, 0.05) is 17.7 Å². The number of para-hydroxylation sites is 2. The molecule has 0 spiro atoms. The number of rotatable bonds is 3. The van der Waals surface area contributed by atoms with E-state index in [2.05, 4.69) is 49.3 Å². The van der Waals surface area contributed by atoms with Gasteiger partial charge >= 0.3 is 0 Å². The Morgan fingerprint density at radius 3 is 2.00 bits per heavy atom. The van der Waals surface area contributed by atoms with Crippen molar-refractivity contribution < 1.29 is 4.74 Å². The van der Waals surface area contributed by atoms with Gasteiger partial charge in [0.25, 0.3) is 0 Å². The van der Waals surface area contributed by atoms with Crippen LogP contribution >= 0.6 is 0 Å². The Kier molecular flexibility index (Phi) is 3.57. The van der Waals surface area contributed by atoms with Crippen LogP contribution in [-0.2, 0) is 0 Å². The highest BCUT2D eigenvalue weighted by Gasteiger charge is 2.20. The molecule has 0 bridgehead atoms. The minimum Gasteiger partial charge on any atom is -0.456 e. The van der Waals surface area contributed by atoms with Gasteiger partial charge in [0.15, 0.2) is 0 Å². The molecular formula is C18H19NO. The Labute approximate surface area is 120 Å². The monoisotopic (exact) mass is 265 g/mol. The molecule has 20 heavy (non-hydrogen) atoms. The molecule has 2 aromatic carbocycles. The van der Waals surface area contributed by atoms with E-state index in [1.807, 2.05) is 24.3 Å². The lowest BCUT2D eigenvalue weighted by Gasteiger charge is -2.23. The Morgan fingerprint density at radius 2 is 1.45 bits per heavy atom. The van der Waals surface area contributed by atoms with E-state index in [4.69, 9.17) is 4.74 Å². The van der Waals surface area contributed by atoms with Gasteiger partial charge in [-0.25, -0.2) is 0 Å². The van der Waals surface area contributed by atoms with Crippen molar-refractivity contribution >= 4 is 5.57 Å². The normalized spacial score (nSPS) is 12.7. The highest BCUT2D eigenvalue weighted by Crippen LogP contribution is 2.43. The summed E-state index contributed by atoms with van der Waals surface area (Å²) in [5.74, 6) is 1.89. The quantitative estimate of drug-likeness (QED) is 0.704. The van der Waals surface area contributed by atoms with E-state index in [0.717, 1.165) is 24.5 Å². The van der Waals surface area contributed by atoms with E-state index < -0.39 is 0 Å². The topological polar surface area (TPSA) is 12.5 Å². The molecule has 2 nitrogen and oxygen atoms in total. The van der Waals surface area contributed by atoms with Crippen molar-refractivity contribution in [1.29, 1.82) is 0 Å². The molecule has 0 radical (unpaired) electrons. The van der Waals surface area contributed by atoms with E-state index in [0.29, 0.717) is 0 Å². The first-order chi connectivity index (χ1) is 9.75. The van der Waals surface area contributed by atoms with Gasteiger partial charge in [-0.05, 0) is 38.2 Å². The van der Waals surface area contributed by atoms with E-state index in [1.165, 1.54) is 16.7 Å². The van der Waals surface area contributed by atoms with Gasteiger partial charge < -0.3 is 9.64 Å². The molecule has 2 heteroatoms. The summed E-state index contributed by atoms with van der Waals surface area (Å²) in [6.07, 6.45) is 3.35. The molecule has 0 unspecified atom stereocenters. The zero-order valence-electron chi connectivity index (χ0n) is 12.0. The van der Waals surface area contributed by atoms with Crippen molar-refractivity contribution in [2.75, 3.05) is 20.6 Å². The molecule has 0 saturated carbocycles. The first-order valence-corrected chi connectivity index (χ1v) is 6.97. The van der Waals surface area contributed by atoms with Gasteiger partial charge in [-0.15, -0.1) is 0 Å². The third-order valence-electron chi connectivity index (χ3n) is 3.50. The van der Waals surface area contributed by atoms with Crippen molar-refractivity contribution in [2.45, 2.75) is 6.42 Å². The Morgan fingerprint density at radius 1 is 0.900 bits per heavy atom. The van der Waals surface area contributed by atoms with E-state index in [-0.39, 0.29) is 0 Å². The molecular weight excluding hydrogens is 246 g/mol. The van der Waals surface area contributed by atoms with Crippen LogP contribution in [0, 0.1) is 0 Å². The van der Waals surface area contributed by atoms with Crippen LogP contribution in [-0.4, -0.2) is 25.5 Å². The van der Waals surface area contributed by atoms with Crippen LogP contribution < -0.4 is 4.74 Å². The Balaban J connectivity index is 2.03. The summed E-state index contributed by atoms with van der Waals surface area (Å²) >= 11 is 0. The predicted molar refractivity (Wildman–Crippen MR) is 83.2 cm³/mol. The van der Waals surface area contributed by atoms with Crippen molar-refractivity contribution in [3.8, 4) is 11.5 Å². The molecule has 1 aliphatic heterocycles. The van der Waals surface area contributed by atoms with Crippen molar-refractivity contribution in [3.05, 3.63) is 65.7 Å². The molecule has 0 aliphatic carbocycles. The highest BCUT2D eigenvalue weighted by atomic mass is 16.5. The number of nitrogens with zero attached hydrogens (tertiary/aromatic N) is 1. The zero-order chi connectivity index (χ0) is 13.9. The van der Waals surface area contributed by atoms with Crippen LogP contribution in [0.5, 0.6) is 11.5 Å². The SMILES string of the molecule is CN(C)CCC=C1c2ccccc2Oc2ccccc21. The maximum Gasteiger partial charge on any atom is 0.135 e. The number of hydrogen-bond donors (Lipinski definition) is 0. The second-order valence-electron chi connectivity index (χ2n) is 5.30. The fourth-order valence-corrected chi connectivity index (χ4v) is 2.51. The first kappa shape index (κ1) is 12.9. The molecule has 0 aromatic heterocycles. The molecule has 0 atom stereocenters. The fourth-order valence-electron chi connectivity index (χ4n) is 2.51. The summed E-state index contributed by atoms with van der Waals surface area (Å²) in [5, 5.41) is 0. The van der Waals surface area contributed by atoms with Gasteiger partial charge in [0.2, 0.25) is 0 Å². The lowest BCUT2D eigenvalue weighted by atomic mass is 9.93. The second kappa shape index (κ2) is 5.51. The van der Waals surface area contributed by atoms with Crippen LogP contribution in [0.3, 0.4) is 0 Å². The van der Waals surface area contributed by atoms with Gasteiger partial charge in [-0.2, -0.15) is 0 Å². The number of benzene rings is 2. The molecule has 1 heterocycles. The summed E-state index contributed by atoms with van der Waals surface area (Å²) in [5.41, 5.74) is 3.65. The molecule has 2 aromatic rings. The highest BCUT2D eigenvalue weighted by molar-refractivity contribution is 5.87. The van der Waals surface area contributed by atoms with Gasteiger partial charge in [0.05, 0.1) is 0 Å². The maximum atomic E-state index is 5.98. The van der Waals surface area contributed by atoms with Crippen LogP contribution in [0.25, 0.3) is 5.57 Å². The lowest BCUT2D eigenvalue weighted by molar-refractivity contribution is 0.417. The summed E-state index contributed by atoms with van der Waals surface area (Å²) in [7, 11) is 4.20. The third-order valence-corrected chi connectivity index (χ3v) is 3.50. The minimum atomic E-state index is 0.947. The molecule has 3 rings (SSSR count). The van der Waals surface area contributed by atoms with Crippen LogP contribution in [0.1, 0.15) is 17.5 Å². The van der Waals surface area contributed by atoms with Crippen LogP contribution in [0.15, 0.2) is 54.6 Å². The van der Waals surface area contributed by atoms with E-state index in [1.54, 1.807) is 0 Å². The largest absolute Gasteiger partial charge is 0.456 e. The molecule has 0 N–H and O–H groups in total. The predicted octanol–water partition coefficient (Wildman–Crippen LogP) is 4.18. The summed E-state index contributed by atoms with van der Waals surface area (Å²) in [6.45, 7) is 1.05. The molecule has 1 aliphatic rings. The summed E-state index contributed by atoms with van der Waals surface area (Å²) in [6, 6.07) is 16.5. The molecule has 0 fully saturated rings. The zero-order valence-corrected chi connectivity index (χ0v) is 12.0. The van der Waals surface area contributed by atoms with E-state index >= 15 is 0 Å². The van der Waals surface area contributed by atoms with E-state index in [9.17, 15) is 0 Å². The van der Waals surface area contributed by atoms with Crippen molar-refractivity contribution in [1.82, 2.24) is 4.90 Å². The Bertz CT molecular complexity index is 596. The number of ether oxygens (including phenoxy) is 1. The summed E-state index contributed by atoms with van der Waals surface area (Å²) < 4.78 is 5.98. The fraction of sp³-hybridized carbons (Fsp3) is 0.222. The summed E-state index contributed by atoms with van der Waals surface area (Å²) in [4.78, 5) is 2.20. The average molecular weight is 265 g/mol. The maximum absolute atomic E-state index is 5.98. The Hall–Kier alpha value is -2.06. The van der Waals surface area contributed by atoms with Gasteiger partial charge in [-0.1, -0.05) is 42.5 Å². The van der Waals surface area contributed by atoms with Gasteiger partial charge in [0.1, 0.15) is 11.5 Å². The third kappa shape index (κ3) is 2.47. The number of hydrogen-bond acceptors (Lipinski definition) is 2. The minimum absolute atomic E-state index is 0.947. The number of fused-ring (bicyclic) bond motifs is 2. The van der Waals surface area contributed by atoms with Gasteiger partial charge in [-0.3, -0.25) is 0 Å². The van der Waals surface area contributed by atoms with Crippen molar-refractivity contribution in [3.63, 3.8) is 0 Å².